The van der Waals surface area contributed by atoms with Crippen molar-refractivity contribution in [3.63, 3.8) is 0 Å². The van der Waals surface area contributed by atoms with E-state index in [1.54, 1.807) is 7.11 Å². The van der Waals surface area contributed by atoms with Crippen LogP contribution in [0.4, 0.5) is 5.69 Å². The van der Waals surface area contributed by atoms with Crippen LogP contribution in [0.1, 0.15) is 42.4 Å². The number of fused-ring (bicyclic) bond motifs is 1. The van der Waals surface area contributed by atoms with Crippen LogP contribution in [-0.2, 0) is 12.0 Å². The summed E-state index contributed by atoms with van der Waals surface area (Å²) in [5, 5.41) is 11.1. The number of carboxylic acids is 1. The van der Waals surface area contributed by atoms with E-state index in [9.17, 15) is 9.90 Å². The third-order valence-corrected chi connectivity index (χ3v) is 5.80. The van der Waals surface area contributed by atoms with E-state index in [-0.39, 0.29) is 11.1 Å². The molecule has 5 heteroatoms. The van der Waals surface area contributed by atoms with Crippen LogP contribution in [0.3, 0.4) is 0 Å². The van der Waals surface area contributed by atoms with Crippen molar-refractivity contribution in [1.82, 2.24) is 4.57 Å². The largest absolute Gasteiger partial charge is 0.497 e. The third-order valence-electron chi connectivity index (χ3n) is 5.80. The van der Waals surface area contributed by atoms with E-state index < -0.39 is 5.97 Å². The second-order valence-electron chi connectivity index (χ2n) is 9.07. The molecule has 0 aliphatic carbocycles. The van der Waals surface area contributed by atoms with Gasteiger partial charge in [0, 0.05) is 28.7 Å². The fraction of sp³-hybridized carbons (Fsp3) is 0.222. The molecular formula is C27H28N2O3. The van der Waals surface area contributed by atoms with Gasteiger partial charge in [-0.1, -0.05) is 57.2 Å². The van der Waals surface area contributed by atoms with Crippen molar-refractivity contribution in [2.45, 2.75) is 32.7 Å². The molecule has 0 radical (unpaired) electrons. The highest BCUT2D eigenvalue weighted by Crippen LogP contribution is 2.38. The number of hydrogen-bond donors (Lipinski definition) is 2. The molecule has 0 fully saturated rings. The summed E-state index contributed by atoms with van der Waals surface area (Å²) in [5.41, 5.74) is 11.5. The fourth-order valence-corrected chi connectivity index (χ4v) is 4.14. The molecule has 164 valence electrons. The van der Waals surface area contributed by atoms with Crippen LogP contribution in [0.2, 0.25) is 0 Å². The maximum atomic E-state index is 12.5. The summed E-state index contributed by atoms with van der Waals surface area (Å²) in [6, 6.07) is 21.4. The van der Waals surface area contributed by atoms with Gasteiger partial charge in [0.1, 0.15) is 11.4 Å². The minimum atomic E-state index is -0.974. The normalized spacial score (nSPS) is 11.6. The van der Waals surface area contributed by atoms with Gasteiger partial charge >= 0.3 is 5.97 Å². The molecular weight excluding hydrogens is 400 g/mol. The van der Waals surface area contributed by atoms with Crippen LogP contribution in [0, 0.1) is 0 Å². The van der Waals surface area contributed by atoms with Gasteiger partial charge in [-0.05, 0) is 52.4 Å². The molecule has 32 heavy (non-hydrogen) atoms. The molecule has 1 aromatic heterocycles. The summed E-state index contributed by atoms with van der Waals surface area (Å²) in [6.07, 6.45) is 0. The van der Waals surface area contributed by atoms with Crippen LogP contribution in [0.15, 0.2) is 66.7 Å². The zero-order valence-corrected chi connectivity index (χ0v) is 18.8. The van der Waals surface area contributed by atoms with Crippen molar-refractivity contribution in [3.8, 4) is 16.9 Å². The van der Waals surface area contributed by atoms with Crippen molar-refractivity contribution in [2.75, 3.05) is 12.8 Å². The quantitative estimate of drug-likeness (QED) is 0.386. The number of anilines is 1. The monoisotopic (exact) mass is 428 g/mol. The molecule has 0 saturated carbocycles. The van der Waals surface area contributed by atoms with Gasteiger partial charge in [0.25, 0.3) is 0 Å². The van der Waals surface area contributed by atoms with Crippen LogP contribution in [0.5, 0.6) is 5.75 Å². The zero-order valence-electron chi connectivity index (χ0n) is 18.8. The highest BCUT2D eigenvalue weighted by molar-refractivity contribution is 6.09. The molecule has 3 aromatic carbocycles. The number of nitrogens with two attached hydrogens (primary N) is 1. The lowest BCUT2D eigenvalue weighted by atomic mass is 9.86. The highest BCUT2D eigenvalue weighted by atomic mass is 16.5. The molecule has 0 aliphatic heterocycles. The summed E-state index contributed by atoms with van der Waals surface area (Å²) in [7, 11) is 1.62. The van der Waals surface area contributed by atoms with Gasteiger partial charge in [-0.2, -0.15) is 0 Å². The molecule has 1 heterocycles. The predicted molar refractivity (Wildman–Crippen MR) is 130 cm³/mol. The minimum Gasteiger partial charge on any atom is -0.497 e. The highest BCUT2D eigenvalue weighted by Gasteiger charge is 2.24. The van der Waals surface area contributed by atoms with Crippen molar-refractivity contribution in [3.05, 3.63) is 83.6 Å². The first-order chi connectivity index (χ1) is 15.2. The molecule has 0 amide bonds. The number of nitrogens with zero attached hydrogens (tertiary/aromatic N) is 1. The molecule has 0 atom stereocenters. The van der Waals surface area contributed by atoms with E-state index in [0.717, 1.165) is 27.8 Å². The fourth-order valence-electron chi connectivity index (χ4n) is 4.14. The second kappa shape index (κ2) is 8.08. The Morgan fingerprint density at radius 2 is 1.75 bits per heavy atom. The average molecular weight is 429 g/mol. The maximum Gasteiger partial charge on any atom is 0.353 e. The molecule has 0 aliphatic rings. The number of rotatable bonds is 5. The van der Waals surface area contributed by atoms with E-state index in [4.69, 9.17) is 10.5 Å². The molecule has 0 bridgehead atoms. The number of methoxy groups -OCH3 is 1. The van der Waals surface area contributed by atoms with Gasteiger partial charge in [-0.3, -0.25) is 0 Å². The first-order valence-corrected chi connectivity index (χ1v) is 10.6. The number of nitrogen functional groups attached to an aromatic ring is 1. The lowest BCUT2D eigenvalue weighted by molar-refractivity contribution is 0.0687. The van der Waals surface area contributed by atoms with Gasteiger partial charge in [-0.15, -0.1) is 0 Å². The number of carboxylic acid groups (broad SMARTS) is 1. The lowest BCUT2D eigenvalue weighted by Gasteiger charge is -2.19. The van der Waals surface area contributed by atoms with Crippen LogP contribution in [0.25, 0.3) is 22.0 Å². The number of benzene rings is 3. The SMILES string of the molecule is COc1cccc(Cn2c(C(=O)O)c(-c3ccc(C(C)(C)C)cc3)c3cc(N)ccc32)c1. The third kappa shape index (κ3) is 3.94. The smallest absolute Gasteiger partial charge is 0.353 e. The van der Waals surface area contributed by atoms with Crippen LogP contribution >= 0.6 is 0 Å². The molecule has 4 rings (SSSR count). The zero-order chi connectivity index (χ0) is 23.0. The summed E-state index contributed by atoms with van der Waals surface area (Å²) in [6.45, 7) is 6.88. The molecule has 0 saturated heterocycles. The molecule has 3 N–H and O–H groups in total. The van der Waals surface area contributed by atoms with E-state index in [2.05, 4.69) is 32.9 Å². The Bertz CT molecular complexity index is 1300. The van der Waals surface area contributed by atoms with Gasteiger partial charge in [-0.25, -0.2) is 4.79 Å². The summed E-state index contributed by atoms with van der Waals surface area (Å²) < 4.78 is 7.19. The second-order valence-corrected chi connectivity index (χ2v) is 9.07. The Hall–Kier alpha value is -3.73. The summed E-state index contributed by atoms with van der Waals surface area (Å²) in [4.78, 5) is 12.5. The Kier molecular flexibility index (Phi) is 5.43. The van der Waals surface area contributed by atoms with Crippen LogP contribution < -0.4 is 10.5 Å². The topological polar surface area (TPSA) is 77.5 Å². The van der Waals surface area contributed by atoms with Gasteiger partial charge in [0.2, 0.25) is 0 Å². The standard InChI is InChI=1S/C27H28N2O3/c1-27(2,3)19-10-8-18(9-11-19)24-22-15-20(28)12-13-23(22)29(25(24)26(30)31)16-17-6-5-7-21(14-17)32-4/h5-15H,16,28H2,1-4H3,(H,30,31). The molecule has 5 nitrogen and oxygen atoms in total. The Morgan fingerprint density at radius 3 is 2.38 bits per heavy atom. The van der Waals surface area contributed by atoms with E-state index in [1.165, 1.54) is 5.56 Å². The number of ether oxygens (including phenoxy) is 1. The van der Waals surface area contributed by atoms with Crippen LogP contribution in [-0.4, -0.2) is 22.8 Å². The number of carbonyl (C=O) groups is 1. The van der Waals surface area contributed by atoms with Gasteiger partial charge in [0.05, 0.1) is 7.11 Å². The summed E-state index contributed by atoms with van der Waals surface area (Å²) in [5.74, 6) is -0.240. The average Bonchev–Trinajstić information content (AvgIpc) is 3.06. The van der Waals surface area contributed by atoms with Gasteiger partial charge < -0.3 is 20.1 Å². The van der Waals surface area contributed by atoms with E-state index >= 15 is 0 Å². The minimum absolute atomic E-state index is 0.0128. The lowest BCUT2D eigenvalue weighted by Crippen LogP contribution is -2.11. The van der Waals surface area contributed by atoms with Crippen molar-refractivity contribution < 1.29 is 14.6 Å². The summed E-state index contributed by atoms with van der Waals surface area (Å²) >= 11 is 0. The molecule has 0 unspecified atom stereocenters. The number of aromatic nitrogens is 1. The Balaban J connectivity index is 1.95. The number of hydrogen-bond acceptors (Lipinski definition) is 3. The van der Waals surface area contributed by atoms with Crippen molar-refractivity contribution in [1.29, 1.82) is 0 Å². The first kappa shape index (κ1) is 21.5. The van der Waals surface area contributed by atoms with Crippen molar-refractivity contribution >= 4 is 22.6 Å². The number of aromatic carboxylic acids is 1. The molecule has 4 aromatic rings. The van der Waals surface area contributed by atoms with Crippen molar-refractivity contribution in [2.24, 2.45) is 0 Å². The maximum absolute atomic E-state index is 12.5. The van der Waals surface area contributed by atoms with Gasteiger partial charge in [0.15, 0.2) is 0 Å². The molecule has 0 spiro atoms. The van der Waals surface area contributed by atoms with E-state index in [1.807, 2.05) is 59.2 Å². The Labute approximate surface area is 188 Å². The Morgan fingerprint density at radius 1 is 1.03 bits per heavy atom. The predicted octanol–water partition coefficient (Wildman–Crippen LogP) is 5.94. The van der Waals surface area contributed by atoms with E-state index in [0.29, 0.717) is 17.8 Å². The first-order valence-electron chi connectivity index (χ1n) is 10.6.